The SMILES string of the molecule is CCc1c(C)c2cc3[nH]c(cc4nc(cc5nc(cc1[nH]2)C(C)=C5CCC(=O)CCN)C(CCC(=O)CCN)=C4C)c(C)c3CC. The van der Waals surface area contributed by atoms with Crippen LogP contribution < -0.4 is 11.5 Å². The first kappa shape index (κ1) is 33.2. The summed E-state index contributed by atoms with van der Waals surface area (Å²) in [7, 11) is 0. The van der Waals surface area contributed by atoms with Gasteiger partial charge in [-0.1, -0.05) is 13.8 Å². The summed E-state index contributed by atoms with van der Waals surface area (Å²) in [5.74, 6) is 0.299. The number of aryl methyl sites for hydroxylation is 4. The predicted molar refractivity (Wildman–Crippen MR) is 190 cm³/mol. The van der Waals surface area contributed by atoms with E-state index in [9.17, 15) is 9.59 Å². The van der Waals surface area contributed by atoms with Crippen molar-refractivity contribution >= 4 is 55.9 Å². The molecular formula is C38H48N6O2. The molecule has 0 fully saturated rings. The van der Waals surface area contributed by atoms with E-state index in [2.05, 4.69) is 75.8 Å². The number of aromatic amines is 2. The number of Topliss-reactive ketones (excluding diaryl/α,β-unsaturated/α-hetero) is 2. The Hall–Kier alpha value is -4.14. The van der Waals surface area contributed by atoms with Gasteiger partial charge in [0.1, 0.15) is 11.6 Å². The van der Waals surface area contributed by atoms with E-state index in [0.717, 1.165) is 80.0 Å². The van der Waals surface area contributed by atoms with Crippen molar-refractivity contribution in [2.45, 2.75) is 92.9 Å². The van der Waals surface area contributed by atoms with Crippen LogP contribution >= 0.6 is 0 Å². The van der Waals surface area contributed by atoms with Crippen molar-refractivity contribution in [2.24, 2.45) is 11.5 Å². The zero-order valence-electron chi connectivity index (χ0n) is 28.2. The molecule has 3 aromatic rings. The highest BCUT2D eigenvalue weighted by Gasteiger charge is 2.23. The van der Waals surface area contributed by atoms with Crippen LogP contribution in [0.2, 0.25) is 0 Å². The van der Waals surface area contributed by atoms with Crippen LogP contribution in [0.4, 0.5) is 0 Å². The largest absolute Gasteiger partial charge is 0.355 e. The van der Waals surface area contributed by atoms with Gasteiger partial charge in [0.05, 0.1) is 22.8 Å². The number of fused-ring (bicyclic) bond motifs is 8. The zero-order chi connectivity index (χ0) is 33.1. The van der Waals surface area contributed by atoms with Gasteiger partial charge in [-0.2, -0.15) is 0 Å². The van der Waals surface area contributed by atoms with E-state index in [4.69, 9.17) is 21.4 Å². The molecule has 0 radical (unpaired) electrons. The maximum atomic E-state index is 12.6. The topological polar surface area (TPSA) is 144 Å². The average Bonchev–Trinajstić information content (AvgIpc) is 3.68. The van der Waals surface area contributed by atoms with Crippen LogP contribution in [0.15, 0.2) is 24.3 Å². The van der Waals surface area contributed by atoms with E-state index in [1.807, 2.05) is 0 Å². The van der Waals surface area contributed by atoms with E-state index in [0.29, 0.717) is 51.6 Å². The maximum Gasteiger partial charge on any atom is 0.134 e. The molecule has 0 saturated heterocycles. The third kappa shape index (κ3) is 6.55. The number of hydrogen-bond donors (Lipinski definition) is 4. The summed E-state index contributed by atoms with van der Waals surface area (Å²) in [5.41, 5.74) is 28.2. The zero-order valence-corrected chi connectivity index (χ0v) is 28.2. The molecular weight excluding hydrogens is 572 g/mol. The summed E-state index contributed by atoms with van der Waals surface area (Å²) in [6.45, 7) is 13.6. The van der Waals surface area contributed by atoms with Crippen molar-refractivity contribution in [3.8, 4) is 0 Å². The van der Waals surface area contributed by atoms with Crippen molar-refractivity contribution in [1.82, 2.24) is 19.9 Å². The smallest absolute Gasteiger partial charge is 0.134 e. The molecule has 5 heterocycles. The second-order valence-corrected chi connectivity index (χ2v) is 12.5. The highest BCUT2D eigenvalue weighted by molar-refractivity contribution is 5.97. The van der Waals surface area contributed by atoms with Crippen LogP contribution in [0.3, 0.4) is 0 Å². The molecule has 6 N–H and O–H groups in total. The van der Waals surface area contributed by atoms with Crippen LogP contribution in [-0.2, 0) is 22.4 Å². The third-order valence-electron chi connectivity index (χ3n) is 9.66. The van der Waals surface area contributed by atoms with Gasteiger partial charge in [-0.25, -0.2) is 9.97 Å². The first-order chi connectivity index (χ1) is 22.1. The second-order valence-electron chi connectivity index (χ2n) is 12.5. The average molecular weight is 621 g/mol. The van der Waals surface area contributed by atoms with Gasteiger partial charge in [-0.05, 0) is 135 Å². The lowest BCUT2D eigenvalue weighted by atomic mass is 9.96. The summed E-state index contributed by atoms with van der Waals surface area (Å²) < 4.78 is 0. The monoisotopic (exact) mass is 620 g/mol. The molecule has 0 spiro atoms. The van der Waals surface area contributed by atoms with E-state index >= 15 is 0 Å². The van der Waals surface area contributed by atoms with Crippen LogP contribution in [0, 0.1) is 13.8 Å². The van der Waals surface area contributed by atoms with E-state index in [1.54, 1.807) is 0 Å². The minimum absolute atomic E-state index is 0.149. The van der Waals surface area contributed by atoms with Crippen LogP contribution in [-0.4, -0.2) is 44.6 Å². The number of H-pyrrole nitrogens is 2. The molecule has 46 heavy (non-hydrogen) atoms. The fourth-order valence-corrected chi connectivity index (χ4v) is 6.86. The number of allylic oxidation sites excluding steroid dienone is 4. The molecule has 8 heteroatoms. The Morgan fingerprint density at radius 3 is 1.43 bits per heavy atom. The summed E-state index contributed by atoms with van der Waals surface area (Å²) in [6, 6.07) is 8.56. The molecule has 0 unspecified atom stereocenters. The summed E-state index contributed by atoms with van der Waals surface area (Å²) in [5, 5.41) is 0. The van der Waals surface area contributed by atoms with Crippen molar-refractivity contribution in [1.29, 1.82) is 0 Å². The summed E-state index contributed by atoms with van der Waals surface area (Å²) in [6.07, 6.45) is 4.50. The Labute approximate surface area is 271 Å². The Kier molecular flexibility index (Phi) is 10.2. The Morgan fingerprint density at radius 2 is 1.00 bits per heavy atom. The van der Waals surface area contributed by atoms with Gasteiger partial charge < -0.3 is 21.4 Å². The summed E-state index contributed by atoms with van der Waals surface area (Å²) in [4.78, 5) is 42.9. The molecule has 242 valence electrons. The van der Waals surface area contributed by atoms with Crippen molar-refractivity contribution < 1.29 is 9.59 Å². The highest BCUT2D eigenvalue weighted by atomic mass is 16.1. The third-order valence-corrected chi connectivity index (χ3v) is 9.66. The molecule has 2 aliphatic rings. The first-order valence-electron chi connectivity index (χ1n) is 16.7. The molecule has 3 aromatic heterocycles. The van der Waals surface area contributed by atoms with Gasteiger partial charge in [-0.3, -0.25) is 9.59 Å². The Morgan fingerprint density at radius 1 is 0.587 bits per heavy atom. The molecule has 0 saturated carbocycles. The molecule has 0 aliphatic carbocycles. The lowest BCUT2D eigenvalue weighted by Crippen LogP contribution is -2.07. The van der Waals surface area contributed by atoms with Crippen molar-refractivity contribution in [3.63, 3.8) is 0 Å². The lowest BCUT2D eigenvalue weighted by Gasteiger charge is -2.06. The number of nitrogens with two attached hydrogens (primary N) is 2. The molecule has 8 bridgehead atoms. The van der Waals surface area contributed by atoms with Crippen molar-refractivity contribution in [3.05, 3.63) is 69.3 Å². The van der Waals surface area contributed by atoms with Gasteiger partial charge in [0.2, 0.25) is 0 Å². The normalized spacial score (nSPS) is 13.2. The number of rotatable bonds is 12. The van der Waals surface area contributed by atoms with Crippen LogP contribution in [0.1, 0.15) is 111 Å². The lowest BCUT2D eigenvalue weighted by molar-refractivity contribution is -0.119. The number of carbonyl (C=O) groups excluding carboxylic acids is 2. The van der Waals surface area contributed by atoms with Gasteiger partial charge in [0, 0.05) is 47.8 Å². The summed E-state index contributed by atoms with van der Waals surface area (Å²) >= 11 is 0. The Balaban J connectivity index is 1.83. The van der Waals surface area contributed by atoms with Gasteiger partial charge >= 0.3 is 0 Å². The number of hydrogen-bond acceptors (Lipinski definition) is 6. The molecule has 0 aromatic carbocycles. The quantitative estimate of drug-likeness (QED) is 0.167. The Bertz CT molecular complexity index is 1920. The van der Waals surface area contributed by atoms with Crippen LogP contribution in [0.25, 0.3) is 44.4 Å². The van der Waals surface area contributed by atoms with Gasteiger partial charge in [-0.15, -0.1) is 0 Å². The highest BCUT2D eigenvalue weighted by Crippen LogP contribution is 2.38. The van der Waals surface area contributed by atoms with E-state index in [1.165, 1.54) is 22.3 Å². The predicted octanol–water partition coefficient (Wildman–Crippen LogP) is 7.31. The number of nitrogens with one attached hydrogen (secondary N) is 2. The number of ketones is 2. The molecule has 5 rings (SSSR count). The number of nitrogens with zero attached hydrogens (tertiary/aromatic N) is 2. The van der Waals surface area contributed by atoms with E-state index < -0.39 is 0 Å². The molecule has 0 atom stereocenters. The van der Waals surface area contributed by atoms with Gasteiger partial charge in [0.15, 0.2) is 0 Å². The fraction of sp³-hybridized carbons (Fsp3) is 0.421. The van der Waals surface area contributed by atoms with E-state index in [-0.39, 0.29) is 11.6 Å². The second kappa shape index (κ2) is 14.1. The standard InChI is InChI=1S/C38H48N6O2/c1-7-27-21(3)31-17-32-23(5)29(11-9-25(45)13-15-39)37(43-32)20-38-30(12-10-26(46)14-16-40)24(6)34(44-38)19-36-28(8-2)22(4)33(42-36)18-35(27)41-31/h17-20,41-42H,7-16,39-40H2,1-6H3. The maximum absolute atomic E-state index is 12.6. The van der Waals surface area contributed by atoms with Crippen molar-refractivity contribution in [2.75, 3.05) is 13.1 Å². The number of carbonyl (C=O) groups is 2. The molecule has 8 nitrogen and oxygen atoms in total. The minimum Gasteiger partial charge on any atom is -0.355 e. The molecule has 0 amide bonds. The van der Waals surface area contributed by atoms with Crippen LogP contribution in [0.5, 0.6) is 0 Å². The molecule has 2 aliphatic heterocycles. The minimum atomic E-state index is 0.149. The van der Waals surface area contributed by atoms with Gasteiger partial charge in [0.25, 0.3) is 0 Å². The first-order valence-corrected chi connectivity index (χ1v) is 16.7. The number of aromatic nitrogens is 4. The fourth-order valence-electron chi connectivity index (χ4n) is 6.86.